The third kappa shape index (κ3) is 4.20. The number of amides is 1. The van der Waals surface area contributed by atoms with E-state index in [-0.39, 0.29) is 5.91 Å². The Kier molecular flexibility index (Phi) is 5.63. The van der Waals surface area contributed by atoms with Crippen molar-refractivity contribution in [2.75, 3.05) is 17.7 Å². The van der Waals surface area contributed by atoms with Gasteiger partial charge in [0.2, 0.25) is 0 Å². The highest BCUT2D eigenvalue weighted by atomic mass is 32.2. The van der Waals surface area contributed by atoms with Gasteiger partial charge in [-0.15, -0.1) is 11.8 Å². The second-order valence-electron chi connectivity index (χ2n) is 6.88. The van der Waals surface area contributed by atoms with Crippen molar-refractivity contribution >= 4 is 23.5 Å². The van der Waals surface area contributed by atoms with Crippen LogP contribution in [0.1, 0.15) is 27.0 Å². The number of aromatic nitrogens is 1. The van der Waals surface area contributed by atoms with Crippen molar-refractivity contribution in [3.8, 4) is 0 Å². The van der Waals surface area contributed by atoms with Crippen LogP contribution in [-0.2, 0) is 19.5 Å². The maximum atomic E-state index is 12.3. The predicted molar refractivity (Wildman–Crippen MR) is 115 cm³/mol. The van der Waals surface area contributed by atoms with Crippen LogP contribution in [0.15, 0.2) is 71.8 Å². The van der Waals surface area contributed by atoms with Gasteiger partial charge in [-0.2, -0.15) is 0 Å². The number of hydrogen-bond acceptors (Lipinski definition) is 4. The summed E-state index contributed by atoms with van der Waals surface area (Å²) in [5.41, 5.74) is 4.48. The molecule has 0 unspecified atom stereocenters. The maximum Gasteiger partial charge on any atom is 0.251 e. The average Bonchev–Trinajstić information content (AvgIpc) is 2.77. The Labute approximate surface area is 170 Å². The summed E-state index contributed by atoms with van der Waals surface area (Å²) in [6.07, 6.45) is 4.92. The van der Waals surface area contributed by atoms with Gasteiger partial charge < -0.3 is 10.2 Å². The molecule has 3 aromatic rings. The van der Waals surface area contributed by atoms with Crippen molar-refractivity contribution in [2.45, 2.75) is 24.4 Å². The van der Waals surface area contributed by atoms with E-state index < -0.39 is 0 Å². The fraction of sp³-hybridized carbons (Fsp3) is 0.217. The standard InChI is InChI=1S/C23H23N3OS/c1-28-21-9-7-19(8-10-21)23(27)25-15-17-6-11-22(24-14-17)26-13-12-18-4-2-3-5-20(18)16-26/h2-11,14H,12-13,15-16H2,1H3,(H,25,27). The highest BCUT2D eigenvalue weighted by Crippen LogP contribution is 2.23. The number of carbonyl (C=O) groups excluding carboxylic acids is 1. The van der Waals surface area contributed by atoms with E-state index in [2.05, 4.69) is 39.5 Å². The summed E-state index contributed by atoms with van der Waals surface area (Å²) in [4.78, 5) is 20.4. The van der Waals surface area contributed by atoms with Crippen LogP contribution in [0.25, 0.3) is 0 Å². The van der Waals surface area contributed by atoms with E-state index in [0.717, 1.165) is 35.8 Å². The van der Waals surface area contributed by atoms with E-state index in [1.54, 1.807) is 11.8 Å². The molecule has 2 aromatic carbocycles. The summed E-state index contributed by atoms with van der Waals surface area (Å²) in [5, 5.41) is 2.97. The van der Waals surface area contributed by atoms with E-state index in [1.165, 1.54) is 11.1 Å². The van der Waals surface area contributed by atoms with Gasteiger partial charge in [0.05, 0.1) is 0 Å². The number of nitrogens with zero attached hydrogens (tertiary/aromatic N) is 2. The van der Waals surface area contributed by atoms with Crippen molar-refractivity contribution < 1.29 is 4.79 Å². The molecule has 5 heteroatoms. The lowest BCUT2D eigenvalue weighted by Crippen LogP contribution is -2.31. The molecule has 142 valence electrons. The number of hydrogen-bond donors (Lipinski definition) is 1. The van der Waals surface area contributed by atoms with Gasteiger partial charge in [-0.1, -0.05) is 30.3 Å². The Bertz CT molecular complexity index is 954. The molecule has 0 radical (unpaired) electrons. The third-order valence-electron chi connectivity index (χ3n) is 5.07. The van der Waals surface area contributed by atoms with E-state index in [4.69, 9.17) is 0 Å². The van der Waals surface area contributed by atoms with Crippen LogP contribution >= 0.6 is 11.8 Å². The van der Waals surface area contributed by atoms with Crippen LogP contribution in [0.3, 0.4) is 0 Å². The summed E-state index contributed by atoms with van der Waals surface area (Å²) in [7, 11) is 0. The number of carbonyl (C=O) groups is 1. The van der Waals surface area contributed by atoms with E-state index in [9.17, 15) is 4.79 Å². The van der Waals surface area contributed by atoms with Crippen LogP contribution < -0.4 is 10.2 Å². The number of thioether (sulfide) groups is 1. The van der Waals surface area contributed by atoms with Crippen LogP contribution in [0.4, 0.5) is 5.82 Å². The molecule has 1 aromatic heterocycles. The Hall–Kier alpha value is -2.79. The summed E-state index contributed by atoms with van der Waals surface area (Å²) in [6, 6.07) is 20.3. The van der Waals surface area contributed by atoms with Gasteiger partial charge in [0.25, 0.3) is 5.91 Å². The molecule has 1 aliphatic heterocycles. The zero-order valence-corrected chi connectivity index (χ0v) is 16.7. The molecule has 1 N–H and O–H groups in total. The third-order valence-corrected chi connectivity index (χ3v) is 5.81. The number of pyridine rings is 1. The van der Waals surface area contributed by atoms with Gasteiger partial charge in [0.1, 0.15) is 5.82 Å². The van der Waals surface area contributed by atoms with Crippen molar-refractivity contribution in [2.24, 2.45) is 0 Å². The fourth-order valence-electron chi connectivity index (χ4n) is 3.43. The summed E-state index contributed by atoms with van der Waals surface area (Å²) >= 11 is 1.66. The van der Waals surface area contributed by atoms with Gasteiger partial charge >= 0.3 is 0 Å². The zero-order valence-electron chi connectivity index (χ0n) is 15.9. The lowest BCUT2D eigenvalue weighted by Gasteiger charge is -2.29. The van der Waals surface area contributed by atoms with E-state index in [0.29, 0.717) is 12.1 Å². The molecule has 0 saturated carbocycles. The molecule has 2 heterocycles. The molecular formula is C23H23N3OS. The SMILES string of the molecule is CSc1ccc(C(=O)NCc2ccc(N3CCc4ccccc4C3)nc2)cc1. The predicted octanol–water partition coefficient (Wildman–Crippen LogP) is 4.30. The van der Waals surface area contributed by atoms with Crippen LogP contribution in [-0.4, -0.2) is 23.7 Å². The Morgan fingerprint density at radius 3 is 2.57 bits per heavy atom. The lowest BCUT2D eigenvalue weighted by atomic mass is 10.00. The molecule has 28 heavy (non-hydrogen) atoms. The number of anilines is 1. The lowest BCUT2D eigenvalue weighted by molar-refractivity contribution is 0.0951. The minimum absolute atomic E-state index is 0.0654. The molecular weight excluding hydrogens is 366 g/mol. The van der Waals surface area contributed by atoms with E-state index in [1.807, 2.05) is 48.9 Å². The summed E-state index contributed by atoms with van der Waals surface area (Å²) < 4.78 is 0. The van der Waals surface area contributed by atoms with E-state index >= 15 is 0 Å². The van der Waals surface area contributed by atoms with Gasteiger partial charge in [-0.25, -0.2) is 4.98 Å². The van der Waals surface area contributed by atoms with Crippen molar-refractivity contribution in [1.82, 2.24) is 10.3 Å². The first-order chi connectivity index (χ1) is 13.7. The highest BCUT2D eigenvalue weighted by Gasteiger charge is 2.16. The molecule has 0 aliphatic carbocycles. The summed E-state index contributed by atoms with van der Waals surface area (Å²) in [5.74, 6) is 0.918. The molecule has 1 aliphatic rings. The quantitative estimate of drug-likeness (QED) is 0.661. The molecule has 0 fully saturated rings. The first-order valence-corrected chi connectivity index (χ1v) is 10.6. The Balaban J connectivity index is 1.35. The Morgan fingerprint density at radius 1 is 1.07 bits per heavy atom. The smallest absolute Gasteiger partial charge is 0.251 e. The average molecular weight is 390 g/mol. The molecule has 0 saturated heterocycles. The second-order valence-corrected chi connectivity index (χ2v) is 7.76. The second kappa shape index (κ2) is 8.48. The molecule has 4 nitrogen and oxygen atoms in total. The number of rotatable bonds is 5. The topological polar surface area (TPSA) is 45.2 Å². The minimum atomic E-state index is -0.0654. The first-order valence-electron chi connectivity index (χ1n) is 9.42. The van der Waals surface area contributed by atoms with Crippen LogP contribution in [0.5, 0.6) is 0 Å². The van der Waals surface area contributed by atoms with Crippen molar-refractivity contribution in [3.05, 3.63) is 89.1 Å². The van der Waals surface area contributed by atoms with Crippen LogP contribution in [0.2, 0.25) is 0 Å². The minimum Gasteiger partial charge on any atom is -0.352 e. The van der Waals surface area contributed by atoms with Crippen molar-refractivity contribution in [1.29, 1.82) is 0 Å². The normalized spacial score (nSPS) is 13.1. The largest absolute Gasteiger partial charge is 0.352 e. The maximum absolute atomic E-state index is 12.3. The monoisotopic (exact) mass is 389 g/mol. The van der Waals surface area contributed by atoms with Crippen LogP contribution in [0, 0.1) is 0 Å². The Morgan fingerprint density at radius 2 is 1.86 bits per heavy atom. The van der Waals surface area contributed by atoms with Crippen molar-refractivity contribution in [3.63, 3.8) is 0 Å². The van der Waals surface area contributed by atoms with Gasteiger partial charge in [0.15, 0.2) is 0 Å². The van der Waals surface area contributed by atoms with Gasteiger partial charge in [0, 0.05) is 36.3 Å². The van der Waals surface area contributed by atoms with Gasteiger partial charge in [-0.05, 0) is 59.7 Å². The molecule has 0 atom stereocenters. The van der Waals surface area contributed by atoms with Gasteiger partial charge in [-0.3, -0.25) is 4.79 Å². The fourth-order valence-corrected chi connectivity index (χ4v) is 3.83. The highest BCUT2D eigenvalue weighted by molar-refractivity contribution is 7.98. The molecule has 0 bridgehead atoms. The number of nitrogens with one attached hydrogen (secondary N) is 1. The number of fused-ring (bicyclic) bond motifs is 1. The molecule has 1 amide bonds. The first kappa shape index (κ1) is 18.6. The summed E-state index contributed by atoms with van der Waals surface area (Å²) in [6.45, 7) is 2.34. The number of benzene rings is 2. The molecule has 0 spiro atoms. The molecule has 4 rings (SSSR count). The zero-order chi connectivity index (χ0) is 19.3.